The number of nitrogens with zero attached hydrogens (tertiary/aromatic N) is 1. The molecule has 0 aliphatic carbocycles. The third-order valence-electron chi connectivity index (χ3n) is 2.30. The van der Waals surface area contributed by atoms with Gasteiger partial charge < -0.3 is 4.74 Å². The molecule has 0 spiro atoms. The number of nitrogens with one attached hydrogen (secondary N) is 1. The fourth-order valence-electron chi connectivity index (χ4n) is 1.36. The van der Waals surface area contributed by atoms with Crippen molar-refractivity contribution in [2.75, 3.05) is 12.0 Å². The summed E-state index contributed by atoms with van der Waals surface area (Å²) in [7, 11) is 0. The maximum absolute atomic E-state index is 11.3. The first-order valence-electron chi connectivity index (χ1n) is 5.59. The van der Waals surface area contributed by atoms with E-state index in [9.17, 15) is 4.79 Å². The van der Waals surface area contributed by atoms with Crippen LogP contribution in [0, 0.1) is 13.8 Å². The van der Waals surface area contributed by atoms with Gasteiger partial charge in [-0.25, -0.2) is 4.79 Å². The van der Waals surface area contributed by atoms with E-state index in [1.165, 1.54) is 5.56 Å². The highest BCUT2D eigenvalue weighted by Gasteiger charge is 2.06. The lowest BCUT2D eigenvalue weighted by molar-refractivity contribution is -0.135. The van der Waals surface area contributed by atoms with E-state index in [1.54, 1.807) is 13.8 Å². The summed E-state index contributed by atoms with van der Waals surface area (Å²) in [6.07, 6.45) is 0. The summed E-state index contributed by atoms with van der Waals surface area (Å²) in [5.74, 6) is -0.398. The van der Waals surface area contributed by atoms with Crippen molar-refractivity contribution >= 4 is 17.4 Å². The number of aryl methyl sites for hydroxylation is 2. The Morgan fingerprint density at radius 2 is 2.12 bits per heavy atom. The van der Waals surface area contributed by atoms with Gasteiger partial charge in [-0.1, -0.05) is 17.7 Å². The molecule has 0 aliphatic rings. The Hall–Kier alpha value is -1.84. The average Bonchev–Trinajstić information content (AvgIpc) is 2.27. The van der Waals surface area contributed by atoms with Gasteiger partial charge in [-0.05, 0) is 39.3 Å². The van der Waals surface area contributed by atoms with Crippen LogP contribution in [0.1, 0.15) is 25.0 Å². The monoisotopic (exact) mass is 234 g/mol. The summed E-state index contributed by atoms with van der Waals surface area (Å²) in [6.45, 7) is 7.76. The number of esters is 1. The van der Waals surface area contributed by atoms with Crippen LogP contribution < -0.4 is 5.43 Å². The summed E-state index contributed by atoms with van der Waals surface area (Å²) in [6, 6.07) is 5.98. The Morgan fingerprint density at radius 1 is 1.41 bits per heavy atom. The number of hydrogen-bond acceptors (Lipinski definition) is 4. The van der Waals surface area contributed by atoms with Crippen LogP contribution in [0.3, 0.4) is 0 Å². The van der Waals surface area contributed by atoms with E-state index in [4.69, 9.17) is 4.74 Å². The quantitative estimate of drug-likeness (QED) is 0.495. The molecule has 1 rings (SSSR count). The third-order valence-corrected chi connectivity index (χ3v) is 2.30. The number of benzene rings is 1. The largest absolute Gasteiger partial charge is 0.461 e. The van der Waals surface area contributed by atoms with Crippen LogP contribution in [0.15, 0.2) is 23.3 Å². The number of ether oxygens (including phenoxy) is 1. The number of hydrazone groups is 1. The molecule has 0 radical (unpaired) electrons. The van der Waals surface area contributed by atoms with Crippen LogP contribution in [-0.2, 0) is 9.53 Å². The highest BCUT2D eigenvalue weighted by molar-refractivity contribution is 6.35. The third kappa shape index (κ3) is 3.90. The first-order chi connectivity index (χ1) is 8.04. The van der Waals surface area contributed by atoms with Gasteiger partial charge in [-0.15, -0.1) is 0 Å². The molecular formula is C13H18N2O2. The summed E-state index contributed by atoms with van der Waals surface area (Å²) >= 11 is 0. The number of anilines is 1. The van der Waals surface area contributed by atoms with Gasteiger partial charge in [0.1, 0.15) is 5.71 Å². The van der Waals surface area contributed by atoms with Crippen LogP contribution in [-0.4, -0.2) is 18.3 Å². The maximum atomic E-state index is 11.3. The number of carbonyl (C=O) groups is 1. The van der Waals surface area contributed by atoms with Gasteiger partial charge in [0.15, 0.2) is 0 Å². The van der Waals surface area contributed by atoms with E-state index in [2.05, 4.69) is 16.6 Å². The van der Waals surface area contributed by atoms with Crippen LogP contribution in [0.5, 0.6) is 0 Å². The van der Waals surface area contributed by atoms with Gasteiger partial charge in [-0.2, -0.15) is 5.10 Å². The second-order valence-corrected chi connectivity index (χ2v) is 3.85. The van der Waals surface area contributed by atoms with Crippen LogP contribution in [0.4, 0.5) is 5.69 Å². The molecule has 4 heteroatoms. The maximum Gasteiger partial charge on any atom is 0.354 e. The van der Waals surface area contributed by atoms with Crippen molar-refractivity contribution in [2.45, 2.75) is 27.7 Å². The molecule has 0 amide bonds. The molecule has 1 aromatic carbocycles. The van der Waals surface area contributed by atoms with Crippen LogP contribution in [0.2, 0.25) is 0 Å². The summed E-state index contributed by atoms with van der Waals surface area (Å²) < 4.78 is 4.83. The smallest absolute Gasteiger partial charge is 0.354 e. The van der Waals surface area contributed by atoms with E-state index in [0.717, 1.165) is 11.3 Å². The van der Waals surface area contributed by atoms with E-state index in [-0.39, 0.29) is 0 Å². The minimum atomic E-state index is -0.398. The molecule has 0 fully saturated rings. The predicted octanol–water partition coefficient (Wildman–Crippen LogP) is 2.65. The number of hydrogen-bond donors (Lipinski definition) is 1. The molecule has 0 bridgehead atoms. The van der Waals surface area contributed by atoms with Gasteiger partial charge in [-0.3, -0.25) is 5.43 Å². The zero-order valence-corrected chi connectivity index (χ0v) is 10.7. The Balaban J connectivity index is 2.72. The molecule has 92 valence electrons. The van der Waals surface area contributed by atoms with Crippen molar-refractivity contribution < 1.29 is 9.53 Å². The first-order valence-corrected chi connectivity index (χ1v) is 5.59. The van der Waals surface area contributed by atoms with Crippen molar-refractivity contribution in [1.82, 2.24) is 0 Å². The number of carbonyl (C=O) groups excluding carboxylic acids is 1. The van der Waals surface area contributed by atoms with Crippen molar-refractivity contribution in [3.05, 3.63) is 29.3 Å². The van der Waals surface area contributed by atoms with Crippen LogP contribution in [0.25, 0.3) is 0 Å². The zero-order valence-electron chi connectivity index (χ0n) is 10.7. The standard InChI is InChI=1S/C13H18N2O2/c1-5-17-13(16)11(4)14-15-12-7-6-9(2)8-10(12)3/h6-8,15H,5H2,1-4H3/b14-11-. The Labute approximate surface area is 102 Å². The van der Waals surface area contributed by atoms with E-state index in [1.807, 2.05) is 26.0 Å². The molecule has 0 aromatic heterocycles. The minimum absolute atomic E-state index is 0.312. The lowest BCUT2D eigenvalue weighted by atomic mass is 10.1. The molecule has 0 heterocycles. The lowest BCUT2D eigenvalue weighted by Gasteiger charge is -2.07. The molecular weight excluding hydrogens is 216 g/mol. The first kappa shape index (κ1) is 13.2. The van der Waals surface area contributed by atoms with Crippen molar-refractivity contribution in [3.63, 3.8) is 0 Å². The van der Waals surface area contributed by atoms with Gasteiger partial charge in [0.05, 0.1) is 12.3 Å². The van der Waals surface area contributed by atoms with E-state index >= 15 is 0 Å². The molecule has 4 nitrogen and oxygen atoms in total. The van der Waals surface area contributed by atoms with E-state index < -0.39 is 5.97 Å². The second kappa shape index (κ2) is 6.03. The highest BCUT2D eigenvalue weighted by Crippen LogP contribution is 2.15. The average molecular weight is 234 g/mol. The summed E-state index contributed by atoms with van der Waals surface area (Å²) in [5.41, 5.74) is 6.35. The van der Waals surface area contributed by atoms with Gasteiger partial charge in [0.25, 0.3) is 0 Å². The van der Waals surface area contributed by atoms with Crippen LogP contribution >= 0.6 is 0 Å². The Morgan fingerprint density at radius 3 is 2.71 bits per heavy atom. The highest BCUT2D eigenvalue weighted by atomic mass is 16.5. The molecule has 17 heavy (non-hydrogen) atoms. The van der Waals surface area contributed by atoms with E-state index in [0.29, 0.717) is 12.3 Å². The van der Waals surface area contributed by atoms with Gasteiger partial charge in [0.2, 0.25) is 0 Å². The van der Waals surface area contributed by atoms with Crippen molar-refractivity contribution in [3.8, 4) is 0 Å². The molecule has 0 saturated carbocycles. The fourth-order valence-corrected chi connectivity index (χ4v) is 1.36. The SMILES string of the molecule is CCOC(=O)/C(C)=N\Nc1ccc(C)cc1C. The molecule has 0 unspecified atom stereocenters. The fraction of sp³-hybridized carbons (Fsp3) is 0.385. The molecule has 0 saturated heterocycles. The summed E-state index contributed by atoms with van der Waals surface area (Å²) in [5, 5.41) is 4.00. The molecule has 0 aliphatic heterocycles. The zero-order chi connectivity index (χ0) is 12.8. The molecule has 0 atom stereocenters. The van der Waals surface area contributed by atoms with Crippen molar-refractivity contribution in [1.29, 1.82) is 0 Å². The van der Waals surface area contributed by atoms with Gasteiger partial charge in [0, 0.05) is 0 Å². The van der Waals surface area contributed by atoms with Gasteiger partial charge >= 0.3 is 5.97 Å². The summed E-state index contributed by atoms with van der Waals surface area (Å²) in [4.78, 5) is 11.3. The topological polar surface area (TPSA) is 50.7 Å². The second-order valence-electron chi connectivity index (χ2n) is 3.85. The van der Waals surface area contributed by atoms with Crippen molar-refractivity contribution in [2.24, 2.45) is 5.10 Å². The molecule has 1 aromatic rings. The lowest BCUT2D eigenvalue weighted by Crippen LogP contribution is -2.15. The predicted molar refractivity (Wildman–Crippen MR) is 69.3 cm³/mol. The Bertz CT molecular complexity index is 439. The normalized spacial score (nSPS) is 11.2. The molecule has 1 N–H and O–H groups in total. The minimum Gasteiger partial charge on any atom is -0.461 e. The number of rotatable bonds is 4. The Kier molecular flexibility index (Phi) is 4.69.